The van der Waals surface area contributed by atoms with Gasteiger partial charge in [0.15, 0.2) is 0 Å². The number of carbonyl (C=O) groups is 1. The van der Waals surface area contributed by atoms with Crippen molar-refractivity contribution >= 4 is 33.2 Å². The number of hydrogen-bond donors (Lipinski definition) is 1. The van der Waals surface area contributed by atoms with Gasteiger partial charge in [-0.25, -0.2) is 8.42 Å². The highest BCUT2D eigenvalue weighted by molar-refractivity contribution is 7.92. The molecule has 3 aromatic rings. The van der Waals surface area contributed by atoms with Gasteiger partial charge in [0.05, 0.1) is 18.5 Å². The predicted octanol–water partition coefficient (Wildman–Crippen LogP) is 3.17. The van der Waals surface area contributed by atoms with Gasteiger partial charge in [-0.05, 0) is 50.2 Å². The molecule has 3 rings (SSSR count). The molecule has 0 bridgehead atoms. The van der Waals surface area contributed by atoms with Crippen molar-refractivity contribution in [2.75, 3.05) is 10.6 Å². The summed E-state index contributed by atoms with van der Waals surface area (Å²) in [6.45, 7) is 3.38. The average molecular weight is 449 g/mol. The van der Waals surface area contributed by atoms with Crippen molar-refractivity contribution in [3.63, 3.8) is 0 Å². The Hall–Kier alpha value is -2.91. The average Bonchev–Trinajstić information content (AvgIpc) is 3.16. The van der Waals surface area contributed by atoms with Gasteiger partial charge in [0.25, 0.3) is 0 Å². The van der Waals surface area contributed by atoms with Gasteiger partial charge < -0.3 is 9.84 Å². The Bertz CT molecular complexity index is 1130. The predicted molar refractivity (Wildman–Crippen MR) is 115 cm³/mol. The summed E-state index contributed by atoms with van der Waals surface area (Å²) in [4.78, 5) is 16.9. The maximum Gasteiger partial charge on any atom is 0.246 e. The van der Waals surface area contributed by atoms with Crippen molar-refractivity contribution in [3.05, 3.63) is 65.0 Å². The van der Waals surface area contributed by atoms with Crippen molar-refractivity contribution in [2.45, 2.75) is 26.4 Å². The van der Waals surface area contributed by atoms with E-state index in [2.05, 4.69) is 15.5 Å². The van der Waals surface area contributed by atoms with Gasteiger partial charge in [-0.15, -0.1) is 0 Å². The molecular weight excluding hydrogens is 428 g/mol. The van der Waals surface area contributed by atoms with Gasteiger partial charge >= 0.3 is 0 Å². The zero-order valence-corrected chi connectivity index (χ0v) is 18.2. The van der Waals surface area contributed by atoms with Crippen LogP contribution in [0.2, 0.25) is 5.02 Å². The van der Waals surface area contributed by atoms with Gasteiger partial charge in [0, 0.05) is 10.6 Å². The van der Waals surface area contributed by atoms with Crippen molar-refractivity contribution in [3.8, 4) is 11.4 Å². The summed E-state index contributed by atoms with van der Waals surface area (Å²) in [6.07, 6.45) is 1.06. The number of nitrogens with zero attached hydrogens (tertiary/aromatic N) is 3. The van der Waals surface area contributed by atoms with E-state index in [4.69, 9.17) is 16.1 Å². The Morgan fingerprint density at radius 1 is 1.17 bits per heavy atom. The number of hydrogen-bond acceptors (Lipinski definition) is 6. The molecule has 0 aliphatic carbocycles. The Morgan fingerprint density at radius 2 is 1.80 bits per heavy atom. The number of benzene rings is 2. The van der Waals surface area contributed by atoms with E-state index >= 15 is 0 Å². The van der Waals surface area contributed by atoms with E-state index in [1.165, 1.54) is 6.92 Å². The molecule has 30 heavy (non-hydrogen) atoms. The molecule has 0 aliphatic rings. The lowest BCUT2D eigenvalue weighted by Gasteiger charge is -2.28. The number of rotatable bonds is 7. The van der Waals surface area contributed by atoms with Gasteiger partial charge in [-0.2, -0.15) is 4.98 Å². The van der Waals surface area contributed by atoms with E-state index in [0.717, 1.165) is 21.7 Å². The molecule has 1 atom stereocenters. The number of nitrogens with one attached hydrogen (secondary N) is 1. The fourth-order valence-electron chi connectivity index (χ4n) is 2.85. The SMILES string of the molecule is Cc1ccc(N([C@@H](C)C(=O)NCc2nc(-c3ccc(Cl)cc3)no2)S(C)(=O)=O)cc1. The number of amides is 1. The highest BCUT2D eigenvalue weighted by Crippen LogP contribution is 2.22. The zero-order chi connectivity index (χ0) is 21.9. The van der Waals surface area contributed by atoms with E-state index in [1.54, 1.807) is 48.5 Å². The Labute approximate surface area is 179 Å². The fraction of sp³-hybridized carbons (Fsp3) is 0.250. The third kappa shape index (κ3) is 5.17. The number of aromatic nitrogens is 2. The number of carbonyl (C=O) groups excluding carboxylic acids is 1. The van der Waals surface area contributed by atoms with E-state index in [0.29, 0.717) is 16.5 Å². The third-order valence-corrected chi connectivity index (χ3v) is 5.85. The van der Waals surface area contributed by atoms with Crippen molar-refractivity contribution < 1.29 is 17.7 Å². The minimum absolute atomic E-state index is 0.0325. The standard InChI is InChI=1S/C20H21ClN4O4S/c1-13-4-10-17(11-5-13)25(30(3,27)28)14(2)20(26)22-12-18-23-19(24-29-18)15-6-8-16(21)9-7-15/h4-11,14H,12H2,1-3H3,(H,22,26)/t14-/m0/s1. The second-order valence-corrected chi connectivity index (χ2v) is 9.10. The lowest BCUT2D eigenvalue weighted by molar-refractivity contribution is -0.122. The maximum atomic E-state index is 12.6. The second-order valence-electron chi connectivity index (χ2n) is 6.81. The lowest BCUT2D eigenvalue weighted by Crippen LogP contribution is -2.47. The van der Waals surface area contributed by atoms with Crippen LogP contribution >= 0.6 is 11.6 Å². The summed E-state index contributed by atoms with van der Waals surface area (Å²) in [5, 5.41) is 7.12. The first kappa shape index (κ1) is 21.8. The van der Waals surface area contributed by atoms with Gasteiger partial charge in [0.2, 0.25) is 27.6 Å². The first-order valence-corrected chi connectivity index (χ1v) is 11.3. The Kier molecular flexibility index (Phi) is 6.42. The van der Waals surface area contributed by atoms with E-state index in [1.807, 2.05) is 6.92 Å². The van der Waals surface area contributed by atoms with Crippen LogP contribution in [0.3, 0.4) is 0 Å². The Balaban J connectivity index is 1.70. The largest absolute Gasteiger partial charge is 0.345 e. The molecule has 0 aliphatic heterocycles. The fourth-order valence-corrected chi connectivity index (χ4v) is 4.15. The number of halogens is 1. The number of anilines is 1. The molecule has 2 aromatic carbocycles. The van der Waals surface area contributed by atoms with Gasteiger partial charge in [-0.1, -0.05) is 34.5 Å². The van der Waals surface area contributed by atoms with Crippen LogP contribution in [0.15, 0.2) is 53.1 Å². The third-order valence-electron chi connectivity index (χ3n) is 4.36. The number of aryl methyl sites for hydroxylation is 1. The van der Waals surface area contributed by atoms with E-state index in [-0.39, 0.29) is 12.4 Å². The molecule has 1 aromatic heterocycles. The van der Waals surface area contributed by atoms with Crippen LogP contribution in [0.5, 0.6) is 0 Å². The molecule has 0 radical (unpaired) electrons. The molecule has 8 nitrogen and oxygen atoms in total. The van der Waals surface area contributed by atoms with Crippen LogP contribution in [0.1, 0.15) is 18.4 Å². The van der Waals surface area contributed by atoms with Gasteiger partial charge in [-0.3, -0.25) is 9.10 Å². The normalized spacial score (nSPS) is 12.4. The van der Waals surface area contributed by atoms with Crippen molar-refractivity contribution in [1.82, 2.24) is 15.5 Å². The van der Waals surface area contributed by atoms with Crippen LogP contribution in [0.25, 0.3) is 11.4 Å². The molecule has 0 unspecified atom stereocenters. The van der Waals surface area contributed by atoms with Crippen LogP contribution in [-0.2, 0) is 21.4 Å². The molecule has 0 fully saturated rings. The van der Waals surface area contributed by atoms with Gasteiger partial charge in [0.1, 0.15) is 6.04 Å². The minimum atomic E-state index is -3.68. The van der Waals surface area contributed by atoms with E-state index in [9.17, 15) is 13.2 Å². The highest BCUT2D eigenvalue weighted by atomic mass is 35.5. The smallest absolute Gasteiger partial charge is 0.246 e. The summed E-state index contributed by atoms with van der Waals surface area (Å²) >= 11 is 5.87. The van der Waals surface area contributed by atoms with Crippen LogP contribution < -0.4 is 9.62 Å². The molecule has 1 amide bonds. The monoisotopic (exact) mass is 448 g/mol. The Morgan fingerprint density at radius 3 is 2.40 bits per heavy atom. The van der Waals surface area contributed by atoms with Crippen LogP contribution in [0.4, 0.5) is 5.69 Å². The summed E-state index contributed by atoms with van der Waals surface area (Å²) in [5.41, 5.74) is 2.11. The van der Waals surface area contributed by atoms with Crippen LogP contribution in [-0.4, -0.2) is 36.8 Å². The van der Waals surface area contributed by atoms with Crippen molar-refractivity contribution in [1.29, 1.82) is 0 Å². The first-order valence-electron chi connectivity index (χ1n) is 9.07. The second kappa shape index (κ2) is 8.85. The summed E-state index contributed by atoms with van der Waals surface area (Å²) in [6, 6.07) is 12.9. The zero-order valence-electron chi connectivity index (χ0n) is 16.7. The highest BCUT2D eigenvalue weighted by Gasteiger charge is 2.29. The molecule has 0 saturated carbocycles. The molecule has 0 spiro atoms. The molecule has 1 N–H and O–H groups in total. The quantitative estimate of drug-likeness (QED) is 0.595. The summed E-state index contributed by atoms with van der Waals surface area (Å²) in [7, 11) is -3.68. The molecule has 158 valence electrons. The van der Waals surface area contributed by atoms with Crippen molar-refractivity contribution in [2.24, 2.45) is 0 Å². The number of sulfonamides is 1. The molecule has 0 saturated heterocycles. The summed E-state index contributed by atoms with van der Waals surface area (Å²) < 4.78 is 30.9. The summed E-state index contributed by atoms with van der Waals surface area (Å²) in [5.74, 6) is 0.0652. The lowest BCUT2D eigenvalue weighted by atomic mass is 10.2. The minimum Gasteiger partial charge on any atom is -0.345 e. The van der Waals surface area contributed by atoms with Crippen LogP contribution in [0, 0.1) is 6.92 Å². The first-order chi connectivity index (χ1) is 14.1. The van der Waals surface area contributed by atoms with E-state index < -0.39 is 22.0 Å². The molecular formula is C20H21ClN4O4S. The maximum absolute atomic E-state index is 12.6. The topological polar surface area (TPSA) is 105 Å². The molecule has 1 heterocycles. The molecule has 10 heteroatoms.